The van der Waals surface area contributed by atoms with E-state index in [-0.39, 0.29) is 24.1 Å². The number of hydrogen-bond acceptors (Lipinski definition) is 5. The van der Waals surface area contributed by atoms with E-state index in [0.29, 0.717) is 42.2 Å². The van der Waals surface area contributed by atoms with Gasteiger partial charge in [-0.1, -0.05) is 17.7 Å². The number of nitrogens with one attached hydrogen (secondary N) is 1. The van der Waals surface area contributed by atoms with Crippen LogP contribution in [0.2, 0.25) is 0 Å². The van der Waals surface area contributed by atoms with Crippen molar-refractivity contribution in [3.63, 3.8) is 0 Å². The highest BCUT2D eigenvalue weighted by Gasteiger charge is 2.33. The summed E-state index contributed by atoms with van der Waals surface area (Å²) in [5.74, 6) is 0.430. The fourth-order valence-electron chi connectivity index (χ4n) is 4.26. The maximum Gasteiger partial charge on any atom is 0.255 e. The van der Waals surface area contributed by atoms with Crippen LogP contribution in [0.1, 0.15) is 58.3 Å². The first kappa shape index (κ1) is 20.7. The van der Waals surface area contributed by atoms with Crippen molar-refractivity contribution in [2.75, 3.05) is 19.3 Å². The van der Waals surface area contributed by atoms with Crippen molar-refractivity contribution in [2.24, 2.45) is 0 Å². The second-order valence-electron chi connectivity index (χ2n) is 8.10. The summed E-state index contributed by atoms with van der Waals surface area (Å²) in [6, 6.07) is 7.21. The molecule has 1 amide bonds. The lowest BCUT2D eigenvalue weighted by Crippen LogP contribution is -2.42. The minimum Gasteiger partial charge on any atom is -0.328 e. The summed E-state index contributed by atoms with van der Waals surface area (Å²) < 4.78 is 25.0. The van der Waals surface area contributed by atoms with Gasteiger partial charge < -0.3 is 9.88 Å². The maximum absolute atomic E-state index is 13.2. The molecule has 2 aliphatic heterocycles. The van der Waals surface area contributed by atoms with E-state index >= 15 is 0 Å². The van der Waals surface area contributed by atoms with Crippen LogP contribution in [0.4, 0.5) is 0 Å². The molecule has 1 aromatic heterocycles. The minimum atomic E-state index is -3.37. The van der Waals surface area contributed by atoms with Gasteiger partial charge in [-0.05, 0) is 38.3 Å². The zero-order valence-electron chi connectivity index (χ0n) is 17.2. The van der Waals surface area contributed by atoms with Gasteiger partial charge in [0.2, 0.25) is 10.0 Å². The van der Waals surface area contributed by atoms with Crippen molar-refractivity contribution in [1.29, 1.82) is 0 Å². The molecular formula is C21H26N4O4S. The highest BCUT2D eigenvalue weighted by atomic mass is 32.2. The van der Waals surface area contributed by atoms with Gasteiger partial charge in [0.05, 0.1) is 23.6 Å². The summed E-state index contributed by atoms with van der Waals surface area (Å²) in [6.07, 6.45) is 4.12. The predicted molar refractivity (Wildman–Crippen MR) is 113 cm³/mol. The number of rotatable bonds is 3. The van der Waals surface area contributed by atoms with Crippen LogP contribution in [0.25, 0.3) is 0 Å². The Kier molecular flexibility index (Phi) is 5.50. The number of piperidine rings is 1. The van der Waals surface area contributed by atoms with Crippen LogP contribution >= 0.6 is 0 Å². The Bertz CT molecular complexity index is 1140. The molecule has 2 aliphatic rings. The summed E-state index contributed by atoms with van der Waals surface area (Å²) >= 11 is 0. The number of benzene rings is 1. The molecule has 1 fully saturated rings. The van der Waals surface area contributed by atoms with Crippen molar-refractivity contribution in [2.45, 2.75) is 45.2 Å². The summed E-state index contributed by atoms with van der Waals surface area (Å²) in [4.78, 5) is 35.3. The largest absolute Gasteiger partial charge is 0.328 e. The number of carbonyl (C=O) groups is 1. The van der Waals surface area contributed by atoms with Crippen molar-refractivity contribution >= 4 is 15.9 Å². The number of amides is 1. The molecule has 0 bridgehead atoms. The number of H-pyrrole nitrogens is 1. The Morgan fingerprint density at radius 3 is 2.77 bits per heavy atom. The van der Waals surface area contributed by atoms with E-state index in [0.717, 1.165) is 31.1 Å². The summed E-state index contributed by atoms with van der Waals surface area (Å²) in [5.41, 5.74) is 2.35. The van der Waals surface area contributed by atoms with Crippen molar-refractivity contribution in [3.8, 4) is 0 Å². The first-order valence-electron chi connectivity index (χ1n) is 10.2. The van der Waals surface area contributed by atoms with Crippen LogP contribution in [0.5, 0.6) is 0 Å². The third-order valence-corrected chi connectivity index (χ3v) is 7.11. The number of carbonyl (C=O) groups excluding carboxylic acids is 1. The number of aryl methyl sites for hydroxylation is 1. The smallest absolute Gasteiger partial charge is 0.255 e. The normalized spacial score (nSPS) is 20.1. The topological polar surface area (TPSA) is 103 Å². The molecule has 0 aliphatic carbocycles. The SMILES string of the molecule is Cc1cccc(C(=O)N2CCCC[C@H]2c2nc3c(c(=O)[nH]2)CN(S(C)(=O)=O)CC3)c1. The molecule has 0 saturated carbocycles. The van der Waals surface area contributed by atoms with Crippen molar-refractivity contribution < 1.29 is 13.2 Å². The zero-order valence-corrected chi connectivity index (χ0v) is 18.0. The fourth-order valence-corrected chi connectivity index (χ4v) is 5.05. The van der Waals surface area contributed by atoms with Crippen LogP contribution in [-0.4, -0.2) is 52.8 Å². The molecule has 4 rings (SSSR count). The molecule has 0 unspecified atom stereocenters. The predicted octanol–water partition coefficient (Wildman–Crippen LogP) is 1.76. The quantitative estimate of drug-likeness (QED) is 0.799. The van der Waals surface area contributed by atoms with Gasteiger partial charge in [-0.2, -0.15) is 4.31 Å². The highest BCUT2D eigenvalue weighted by Crippen LogP contribution is 2.31. The van der Waals surface area contributed by atoms with Crippen LogP contribution in [0, 0.1) is 6.92 Å². The van der Waals surface area contributed by atoms with Gasteiger partial charge in [-0.15, -0.1) is 0 Å². The molecule has 0 spiro atoms. The molecule has 1 atom stereocenters. The molecule has 1 N–H and O–H groups in total. The lowest BCUT2D eigenvalue weighted by atomic mass is 9.99. The van der Waals surface area contributed by atoms with Gasteiger partial charge >= 0.3 is 0 Å². The second-order valence-corrected chi connectivity index (χ2v) is 10.1. The lowest BCUT2D eigenvalue weighted by molar-refractivity contribution is 0.0598. The monoisotopic (exact) mass is 430 g/mol. The average molecular weight is 431 g/mol. The molecule has 0 radical (unpaired) electrons. The first-order valence-corrected chi connectivity index (χ1v) is 12.0. The summed E-state index contributed by atoms with van der Waals surface area (Å²) in [7, 11) is -3.37. The summed E-state index contributed by atoms with van der Waals surface area (Å²) in [6.45, 7) is 2.90. The Morgan fingerprint density at radius 2 is 2.03 bits per heavy atom. The van der Waals surface area contributed by atoms with Gasteiger partial charge in [-0.25, -0.2) is 13.4 Å². The number of sulfonamides is 1. The molecule has 9 heteroatoms. The first-order chi connectivity index (χ1) is 14.2. The zero-order chi connectivity index (χ0) is 21.5. The Hall–Kier alpha value is -2.52. The average Bonchev–Trinajstić information content (AvgIpc) is 2.72. The lowest BCUT2D eigenvalue weighted by Gasteiger charge is -2.35. The molecule has 2 aromatic rings. The second kappa shape index (κ2) is 7.96. The van der Waals surface area contributed by atoms with Crippen molar-refractivity contribution in [3.05, 3.63) is 62.8 Å². The van der Waals surface area contributed by atoms with Crippen LogP contribution in [0.3, 0.4) is 0 Å². The van der Waals surface area contributed by atoms with Gasteiger partial charge in [0.15, 0.2) is 0 Å². The molecule has 3 heterocycles. The van der Waals surface area contributed by atoms with Crippen molar-refractivity contribution in [1.82, 2.24) is 19.2 Å². The number of likely N-dealkylation sites (tertiary alicyclic amines) is 1. The van der Waals surface area contributed by atoms with E-state index in [1.807, 2.05) is 31.2 Å². The molecule has 1 aromatic carbocycles. The molecule has 30 heavy (non-hydrogen) atoms. The number of nitrogens with zero attached hydrogens (tertiary/aromatic N) is 3. The maximum atomic E-state index is 13.2. The molecule has 160 valence electrons. The van der Waals surface area contributed by atoms with Gasteiger partial charge in [0, 0.05) is 31.6 Å². The Balaban J connectivity index is 1.66. The molecule has 1 saturated heterocycles. The number of hydrogen-bond donors (Lipinski definition) is 1. The van der Waals surface area contributed by atoms with E-state index < -0.39 is 10.0 Å². The minimum absolute atomic E-state index is 0.0351. The Labute approximate surface area is 176 Å². The van der Waals surface area contributed by atoms with E-state index in [1.54, 1.807) is 4.90 Å². The number of aromatic amines is 1. The van der Waals surface area contributed by atoms with Gasteiger partial charge in [-0.3, -0.25) is 9.59 Å². The van der Waals surface area contributed by atoms with E-state index in [1.165, 1.54) is 4.31 Å². The van der Waals surface area contributed by atoms with Gasteiger partial charge in [0.1, 0.15) is 5.82 Å². The third kappa shape index (κ3) is 4.04. The molecule has 8 nitrogen and oxygen atoms in total. The van der Waals surface area contributed by atoms with E-state index in [9.17, 15) is 18.0 Å². The highest BCUT2D eigenvalue weighted by molar-refractivity contribution is 7.88. The van der Waals surface area contributed by atoms with E-state index in [4.69, 9.17) is 0 Å². The van der Waals surface area contributed by atoms with Gasteiger partial charge in [0.25, 0.3) is 11.5 Å². The third-order valence-electron chi connectivity index (χ3n) is 5.87. The number of fused-ring (bicyclic) bond motifs is 1. The fraction of sp³-hybridized carbons (Fsp3) is 0.476. The standard InChI is InChI=1S/C21H26N4O4S/c1-14-6-5-7-15(12-14)21(27)25-10-4-3-8-18(25)19-22-17-9-11-24(30(2,28)29)13-16(17)20(26)23-19/h5-7,12,18H,3-4,8-11,13H2,1-2H3,(H,22,23,26)/t18-/m0/s1. The van der Waals surface area contributed by atoms with Crippen LogP contribution < -0.4 is 5.56 Å². The Morgan fingerprint density at radius 1 is 1.23 bits per heavy atom. The molecular weight excluding hydrogens is 404 g/mol. The summed E-state index contributed by atoms with van der Waals surface area (Å²) in [5, 5.41) is 0. The number of aromatic nitrogens is 2. The van der Waals surface area contributed by atoms with Crippen LogP contribution in [-0.2, 0) is 23.0 Å². The van der Waals surface area contributed by atoms with Crippen LogP contribution in [0.15, 0.2) is 29.1 Å². The van der Waals surface area contributed by atoms with E-state index in [2.05, 4.69) is 9.97 Å².